The minimum Gasteiger partial charge on any atom is -0.496 e. The Morgan fingerprint density at radius 2 is 1.86 bits per heavy atom. The van der Waals surface area contributed by atoms with Crippen LogP contribution in [0.1, 0.15) is 5.56 Å². The molecule has 0 aliphatic heterocycles. The fourth-order valence-electron chi connectivity index (χ4n) is 1.77. The van der Waals surface area contributed by atoms with Crippen molar-refractivity contribution in [3.8, 4) is 17.0 Å². The van der Waals surface area contributed by atoms with Crippen molar-refractivity contribution in [3.63, 3.8) is 0 Å². The molecule has 21 heavy (non-hydrogen) atoms. The van der Waals surface area contributed by atoms with Crippen LogP contribution in [0.4, 0.5) is 27.1 Å². The summed E-state index contributed by atoms with van der Waals surface area (Å²) < 4.78 is 69.5. The van der Waals surface area contributed by atoms with Crippen molar-refractivity contribution in [1.82, 2.24) is 4.98 Å². The van der Waals surface area contributed by atoms with Gasteiger partial charge in [-0.1, -0.05) is 6.07 Å². The molecule has 3 nitrogen and oxygen atoms in total. The maximum atomic E-state index is 13.6. The lowest BCUT2D eigenvalue weighted by atomic mass is 10.0. The van der Waals surface area contributed by atoms with E-state index in [9.17, 15) is 22.0 Å². The van der Waals surface area contributed by atoms with Crippen molar-refractivity contribution < 1.29 is 26.7 Å². The molecule has 0 aliphatic carbocycles. The maximum Gasteiger partial charge on any atom is 0.458 e. The van der Waals surface area contributed by atoms with Gasteiger partial charge in [0.15, 0.2) is 5.13 Å². The number of halogens is 5. The Morgan fingerprint density at radius 1 is 1.19 bits per heavy atom. The summed E-state index contributed by atoms with van der Waals surface area (Å²) in [5.41, 5.74) is 4.37. The molecule has 0 saturated heterocycles. The molecule has 0 spiro atoms. The van der Waals surface area contributed by atoms with E-state index in [2.05, 4.69) is 4.98 Å². The average Bonchev–Trinajstić information content (AvgIpc) is 2.83. The summed E-state index contributed by atoms with van der Waals surface area (Å²) in [7, 11) is 1.02. The van der Waals surface area contributed by atoms with Crippen LogP contribution in [-0.2, 0) is 5.92 Å². The Morgan fingerprint density at radius 3 is 2.33 bits per heavy atom. The third kappa shape index (κ3) is 2.65. The van der Waals surface area contributed by atoms with Crippen LogP contribution >= 0.6 is 11.3 Å². The van der Waals surface area contributed by atoms with Crippen LogP contribution in [0.2, 0.25) is 0 Å². The van der Waals surface area contributed by atoms with Crippen LogP contribution in [-0.4, -0.2) is 18.3 Å². The Labute approximate surface area is 120 Å². The van der Waals surface area contributed by atoms with Gasteiger partial charge in [0.25, 0.3) is 0 Å². The molecule has 1 aromatic heterocycles. The highest BCUT2D eigenvalue weighted by atomic mass is 32.1. The van der Waals surface area contributed by atoms with Gasteiger partial charge in [0.1, 0.15) is 5.75 Å². The molecule has 2 N–H and O–H groups in total. The van der Waals surface area contributed by atoms with E-state index in [0.717, 1.165) is 24.5 Å². The number of aromatic nitrogens is 1. The van der Waals surface area contributed by atoms with Gasteiger partial charge in [0.2, 0.25) is 0 Å². The normalized spacial score (nSPS) is 12.5. The van der Waals surface area contributed by atoms with Gasteiger partial charge < -0.3 is 10.5 Å². The number of nitrogens with zero attached hydrogens (tertiary/aromatic N) is 1. The third-order valence-electron chi connectivity index (χ3n) is 2.71. The minimum absolute atomic E-state index is 0.0203. The fourth-order valence-corrected chi connectivity index (χ4v) is 2.33. The van der Waals surface area contributed by atoms with Crippen LogP contribution in [0, 0.1) is 0 Å². The number of hydrogen-bond donors (Lipinski definition) is 1. The lowest BCUT2D eigenvalue weighted by Crippen LogP contribution is -2.34. The first-order valence-electron chi connectivity index (χ1n) is 5.52. The number of rotatable bonds is 3. The van der Waals surface area contributed by atoms with E-state index < -0.39 is 23.4 Å². The van der Waals surface area contributed by atoms with Crippen molar-refractivity contribution >= 4 is 16.5 Å². The molecule has 0 fully saturated rings. The van der Waals surface area contributed by atoms with Gasteiger partial charge in [0.05, 0.1) is 18.4 Å². The number of nitrogens with two attached hydrogens (primary N) is 1. The van der Waals surface area contributed by atoms with Crippen molar-refractivity contribution in [2.75, 3.05) is 12.8 Å². The van der Waals surface area contributed by atoms with E-state index in [0.29, 0.717) is 6.07 Å². The first kappa shape index (κ1) is 15.5. The van der Waals surface area contributed by atoms with E-state index in [1.165, 1.54) is 11.4 Å². The van der Waals surface area contributed by atoms with Gasteiger partial charge in [-0.2, -0.15) is 22.0 Å². The van der Waals surface area contributed by atoms with Crippen molar-refractivity contribution in [2.24, 2.45) is 0 Å². The average molecular weight is 324 g/mol. The molecule has 1 heterocycles. The zero-order chi connectivity index (χ0) is 15.8. The van der Waals surface area contributed by atoms with Gasteiger partial charge in [0, 0.05) is 10.9 Å². The van der Waals surface area contributed by atoms with Crippen LogP contribution in [0.5, 0.6) is 5.75 Å². The smallest absolute Gasteiger partial charge is 0.458 e. The highest BCUT2D eigenvalue weighted by molar-refractivity contribution is 7.13. The molecule has 2 rings (SSSR count). The van der Waals surface area contributed by atoms with Gasteiger partial charge in [-0.3, -0.25) is 0 Å². The highest BCUT2D eigenvalue weighted by Gasteiger charge is 2.60. The summed E-state index contributed by atoms with van der Waals surface area (Å²) in [5.74, 6) is -5.61. The molecule has 2 aromatic rings. The molecule has 0 unspecified atom stereocenters. The maximum absolute atomic E-state index is 13.6. The van der Waals surface area contributed by atoms with Crippen molar-refractivity contribution in [2.45, 2.75) is 12.1 Å². The second kappa shape index (κ2) is 5.14. The van der Waals surface area contributed by atoms with Crippen LogP contribution in [0.3, 0.4) is 0 Å². The molecule has 0 radical (unpaired) electrons. The Kier molecular flexibility index (Phi) is 3.79. The Hall–Kier alpha value is -1.90. The number of nitrogen functional groups attached to an aromatic ring is 1. The zero-order valence-corrected chi connectivity index (χ0v) is 11.4. The molecule has 0 saturated carbocycles. The highest BCUT2D eigenvalue weighted by Crippen LogP contribution is 2.49. The fraction of sp³-hybridized carbons (Fsp3) is 0.250. The number of methoxy groups -OCH3 is 1. The van der Waals surface area contributed by atoms with Crippen molar-refractivity contribution in [1.29, 1.82) is 0 Å². The third-order valence-corrected chi connectivity index (χ3v) is 3.39. The largest absolute Gasteiger partial charge is 0.496 e. The standard InChI is InChI=1S/C12H9F5N2OS/c1-20-9-6(8-5-21-10(18)19-8)3-2-4-7(9)11(13,14)12(15,16)17/h2-5H,1H3,(H2,18,19). The molecular weight excluding hydrogens is 315 g/mol. The summed E-state index contributed by atoms with van der Waals surface area (Å²) in [6.45, 7) is 0. The Balaban J connectivity index is 2.65. The lowest BCUT2D eigenvalue weighted by Gasteiger charge is -2.23. The number of anilines is 1. The first-order valence-corrected chi connectivity index (χ1v) is 6.40. The van der Waals surface area contributed by atoms with Gasteiger partial charge in [-0.05, 0) is 12.1 Å². The molecule has 9 heteroatoms. The lowest BCUT2D eigenvalue weighted by molar-refractivity contribution is -0.289. The number of benzene rings is 1. The number of ether oxygens (including phenoxy) is 1. The molecule has 114 valence electrons. The monoisotopic (exact) mass is 324 g/mol. The van der Waals surface area contributed by atoms with E-state index in [-0.39, 0.29) is 16.4 Å². The minimum atomic E-state index is -5.72. The van der Waals surface area contributed by atoms with E-state index in [4.69, 9.17) is 10.5 Å². The SMILES string of the molecule is COc1c(-c2csc(N)n2)cccc1C(F)(F)C(F)(F)F. The molecule has 0 atom stereocenters. The number of hydrogen-bond acceptors (Lipinski definition) is 4. The molecule has 1 aromatic carbocycles. The van der Waals surface area contributed by atoms with Gasteiger partial charge in [-0.15, -0.1) is 11.3 Å². The summed E-state index contributed by atoms with van der Waals surface area (Å²) in [5, 5.41) is 1.61. The zero-order valence-electron chi connectivity index (χ0n) is 10.5. The van der Waals surface area contributed by atoms with E-state index in [1.54, 1.807) is 0 Å². The summed E-state index contributed by atoms with van der Waals surface area (Å²) in [6, 6.07) is 3.09. The van der Waals surface area contributed by atoms with Gasteiger partial charge in [-0.25, -0.2) is 4.98 Å². The molecular formula is C12H9F5N2OS. The van der Waals surface area contributed by atoms with E-state index in [1.807, 2.05) is 0 Å². The predicted octanol–water partition coefficient (Wildman–Crippen LogP) is 4.06. The van der Waals surface area contributed by atoms with Crippen LogP contribution < -0.4 is 10.5 Å². The van der Waals surface area contributed by atoms with Crippen LogP contribution in [0.15, 0.2) is 23.6 Å². The number of thiazole rings is 1. The summed E-state index contributed by atoms with van der Waals surface area (Å²) in [4.78, 5) is 3.87. The number of para-hydroxylation sites is 1. The Bertz CT molecular complexity index is 653. The van der Waals surface area contributed by atoms with Crippen LogP contribution in [0.25, 0.3) is 11.3 Å². The quantitative estimate of drug-likeness (QED) is 0.866. The molecule has 0 amide bonds. The molecule has 0 aliphatic rings. The van der Waals surface area contributed by atoms with E-state index >= 15 is 0 Å². The number of alkyl halides is 5. The van der Waals surface area contributed by atoms with Gasteiger partial charge >= 0.3 is 12.1 Å². The summed E-state index contributed by atoms with van der Waals surface area (Å²) >= 11 is 1.04. The molecule has 0 bridgehead atoms. The second-order valence-electron chi connectivity index (χ2n) is 4.03. The first-order chi connectivity index (χ1) is 9.68. The topological polar surface area (TPSA) is 48.1 Å². The predicted molar refractivity (Wildman–Crippen MR) is 68.5 cm³/mol. The summed E-state index contributed by atoms with van der Waals surface area (Å²) in [6.07, 6.45) is -5.72. The van der Waals surface area contributed by atoms with Crippen molar-refractivity contribution in [3.05, 3.63) is 29.1 Å². The second-order valence-corrected chi connectivity index (χ2v) is 4.92.